The molecular formula is C19H12F4N4O5S. The first-order valence-corrected chi connectivity index (χ1v) is 10.5. The van der Waals surface area contributed by atoms with Crippen LogP contribution in [0.2, 0.25) is 0 Å². The molecule has 2 aromatic carbocycles. The highest BCUT2D eigenvalue weighted by atomic mass is 32.2. The first-order chi connectivity index (χ1) is 15.4. The van der Waals surface area contributed by atoms with Crippen LogP contribution in [0.3, 0.4) is 0 Å². The maximum absolute atomic E-state index is 14.4. The summed E-state index contributed by atoms with van der Waals surface area (Å²) >= 11 is 0. The van der Waals surface area contributed by atoms with Gasteiger partial charge in [-0.05, 0) is 36.4 Å². The molecule has 0 aliphatic carbocycles. The second kappa shape index (κ2) is 7.38. The molecule has 0 radical (unpaired) electrons. The third kappa shape index (κ3) is 3.43. The zero-order valence-electron chi connectivity index (χ0n) is 16.1. The van der Waals surface area contributed by atoms with Crippen molar-refractivity contribution in [3.8, 4) is 5.69 Å². The summed E-state index contributed by atoms with van der Waals surface area (Å²) < 4.78 is 83.8. The minimum atomic E-state index is -5.65. The lowest BCUT2D eigenvalue weighted by atomic mass is 9.93. The Bertz CT molecular complexity index is 1480. The van der Waals surface area contributed by atoms with Crippen molar-refractivity contribution in [2.75, 3.05) is 5.32 Å². The molecule has 3 N–H and O–H groups in total. The molecule has 9 nitrogen and oxygen atoms in total. The van der Waals surface area contributed by atoms with Crippen molar-refractivity contribution in [3.05, 3.63) is 86.8 Å². The molecular weight excluding hydrogens is 472 g/mol. The van der Waals surface area contributed by atoms with E-state index in [1.54, 1.807) is 10.3 Å². The molecule has 0 bridgehead atoms. The standard InChI is InChI=1S/C19H12F4N4O5S/c20-10-6-8-11(9-7-10)27-14-13(15(28)25-17(27)30)18(16(29)24-14,19(21,22)23)26-33(31,32)12-4-2-1-3-5-12/h1-9,26H,(H,24,29)(H,25,28,30)/t18-/m1/s1. The van der Waals surface area contributed by atoms with Crippen LogP contribution in [0.4, 0.5) is 23.4 Å². The summed E-state index contributed by atoms with van der Waals surface area (Å²) in [4.78, 5) is 38.7. The fourth-order valence-corrected chi connectivity index (χ4v) is 4.79. The summed E-state index contributed by atoms with van der Waals surface area (Å²) in [6.45, 7) is 0. The van der Waals surface area contributed by atoms with Crippen molar-refractivity contribution in [1.82, 2.24) is 14.3 Å². The van der Waals surface area contributed by atoms with Crippen molar-refractivity contribution in [2.45, 2.75) is 16.6 Å². The molecule has 1 aliphatic heterocycles. The number of benzene rings is 2. The number of anilines is 1. The number of sulfonamides is 1. The van der Waals surface area contributed by atoms with Gasteiger partial charge in [-0.3, -0.25) is 14.6 Å². The molecule has 0 unspecified atom stereocenters. The quantitative estimate of drug-likeness (QED) is 0.482. The number of aromatic amines is 1. The predicted molar refractivity (Wildman–Crippen MR) is 106 cm³/mol. The smallest absolute Gasteiger partial charge is 0.309 e. The Balaban J connectivity index is 2.03. The van der Waals surface area contributed by atoms with Crippen LogP contribution in [0.15, 0.2) is 69.1 Å². The van der Waals surface area contributed by atoms with Gasteiger partial charge in [0.1, 0.15) is 11.6 Å². The number of fused-ring (bicyclic) bond motifs is 1. The van der Waals surface area contributed by atoms with E-state index < -0.39 is 61.0 Å². The van der Waals surface area contributed by atoms with E-state index in [-0.39, 0.29) is 5.69 Å². The molecule has 2 heterocycles. The van der Waals surface area contributed by atoms with Crippen molar-refractivity contribution in [1.29, 1.82) is 0 Å². The molecule has 14 heteroatoms. The summed E-state index contributed by atoms with van der Waals surface area (Å²) in [5.41, 5.74) is -8.52. The van der Waals surface area contributed by atoms with Gasteiger partial charge in [0.15, 0.2) is 0 Å². The van der Waals surface area contributed by atoms with E-state index in [4.69, 9.17) is 0 Å². The van der Waals surface area contributed by atoms with E-state index in [0.717, 1.165) is 36.4 Å². The molecule has 172 valence electrons. The summed E-state index contributed by atoms with van der Waals surface area (Å²) in [5, 5.41) is 1.80. The lowest BCUT2D eigenvalue weighted by molar-refractivity contribution is -0.194. The number of nitrogens with one attached hydrogen (secondary N) is 3. The minimum absolute atomic E-state index is 0.196. The minimum Gasteiger partial charge on any atom is -0.309 e. The maximum Gasteiger partial charge on any atom is 0.421 e. The van der Waals surface area contributed by atoms with Gasteiger partial charge in [0, 0.05) is 0 Å². The molecule has 4 rings (SSSR count). The Morgan fingerprint density at radius 3 is 2.12 bits per heavy atom. The van der Waals surface area contributed by atoms with Crippen molar-refractivity contribution < 1.29 is 30.8 Å². The number of aromatic nitrogens is 2. The number of H-pyrrole nitrogens is 1. The van der Waals surface area contributed by atoms with Crippen LogP contribution < -0.4 is 21.3 Å². The summed E-state index contributed by atoms with van der Waals surface area (Å²) in [6, 6.07) is 9.71. The van der Waals surface area contributed by atoms with Crippen LogP contribution in [0.1, 0.15) is 5.56 Å². The lowest BCUT2D eigenvalue weighted by Crippen LogP contribution is -2.61. The van der Waals surface area contributed by atoms with Gasteiger partial charge < -0.3 is 5.32 Å². The maximum atomic E-state index is 14.4. The number of alkyl halides is 3. The summed E-state index contributed by atoms with van der Waals surface area (Å²) in [7, 11) is -4.99. The van der Waals surface area contributed by atoms with E-state index in [0.29, 0.717) is 4.57 Å². The summed E-state index contributed by atoms with van der Waals surface area (Å²) in [6.07, 6.45) is -5.65. The van der Waals surface area contributed by atoms with Gasteiger partial charge >= 0.3 is 11.9 Å². The Kier molecular flexibility index (Phi) is 5.01. The summed E-state index contributed by atoms with van der Waals surface area (Å²) in [5.74, 6) is -3.58. The van der Waals surface area contributed by atoms with Crippen LogP contribution in [0.5, 0.6) is 0 Å². The Hall–Kier alpha value is -3.78. The van der Waals surface area contributed by atoms with Crippen molar-refractivity contribution >= 4 is 21.7 Å². The van der Waals surface area contributed by atoms with Crippen LogP contribution >= 0.6 is 0 Å². The number of rotatable bonds is 4. The molecule has 1 atom stereocenters. The highest BCUT2D eigenvalue weighted by molar-refractivity contribution is 7.89. The zero-order chi connectivity index (χ0) is 24.2. The van der Waals surface area contributed by atoms with E-state index in [1.165, 1.54) is 22.9 Å². The number of carbonyl (C=O) groups excluding carboxylic acids is 1. The Morgan fingerprint density at radius 2 is 1.55 bits per heavy atom. The molecule has 33 heavy (non-hydrogen) atoms. The van der Waals surface area contributed by atoms with Gasteiger partial charge in [-0.1, -0.05) is 18.2 Å². The molecule has 0 fully saturated rings. The predicted octanol–water partition coefficient (Wildman–Crippen LogP) is 1.35. The van der Waals surface area contributed by atoms with Crippen LogP contribution in [-0.2, 0) is 20.4 Å². The van der Waals surface area contributed by atoms with Gasteiger partial charge in [-0.2, -0.15) is 17.9 Å². The number of hydrogen-bond donors (Lipinski definition) is 3. The van der Waals surface area contributed by atoms with Gasteiger partial charge in [-0.25, -0.2) is 22.2 Å². The first-order valence-electron chi connectivity index (χ1n) is 9.01. The fraction of sp³-hybridized carbons (Fsp3) is 0.105. The van der Waals surface area contributed by atoms with Gasteiger partial charge in [0.25, 0.3) is 11.5 Å². The third-order valence-electron chi connectivity index (χ3n) is 4.91. The molecule has 1 aromatic heterocycles. The molecule has 1 amide bonds. The lowest BCUT2D eigenvalue weighted by Gasteiger charge is -2.29. The molecule has 0 spiro atoms. The first kappa shape index (κ1) is 22.4. The second-order valence-corrected chi connectivity index (χ2v) is 8.60. The van der Waals surface area contributed by atoms with Crippen molar-refractivity contribution in [2.24, 2.45) is 0 Å². The highest BCUT2D eigenvalue weighted by Gasteiger charge is 2.69. The molecule has 1 aliphatic rings. The normalized spacial score (nSPS) is 18.1. The number of nitrogens with zero attached hydrogens (tertiary/aromatic N) is 1. The van der Waals surface area contributed by atoms with E-state index in [2.05, 4.69) is 0 Å². The van der Waals surface area contributed by atoms with Gasteiger partial charge in [0.05, 0.1) is 16.1 Å². The van der Waals surface area contributed by atoms with Gasteiger partial charge in [0.2, 0.25) is 15.6 Å². The topological polar surface area (TPSA) is 130 Å². The average Bonchev–Trinajstić information content (AvgIpc) is 3.02. The van der Waals surface area contributed by atoms with Crippen LogP contribution in [-0.4, -0.2) is 30.1 Å². The molecule has 0 saturated heterocycles. The average molecular weight is 484 g/mol. The Labute approximate surface area is 181 Å². The molecule has 3 aromatic rings. The second-order valence-electron chi connectivity index (χ2n) is 6.92. The Morgan fingerprint density at radius 1 is 0.939 bits per heavy atom. The van der Waals surface area contributed by atoms with E-state index in [9.17, 15) is 40.4 Å². The number of amides is 1. The fourth-order valence-electron chi connectivity index (χ4n) is 3.44. The van der Waals surface area contributed by atoms with Crippen molar-refractivity contribution in [3.63, 3.8) is 0 Å². The van der Waals surface area contributed by atoms with Crippen LogP contribution in [0, 0.1) is 5.82 Å². The zero-order valence-corrected chi connectivity index (χ0v) is 16.9. The number of hydrogen-bond acceptors (Lipinski definition) is 5. The SMILES string of the molecule is O=C1Nc2c(c(=O)[nH]c(=O)n2-c2ccc(F)cc2)[C@]1(NS(=O)(=O)c1ccccc1)C(F)(F)F. The van der Waals surface area contributed by atoms with E-state index >= 15 is 0 Å². The van der Waals surface area contributed by atoms with Crippen LogP contribution in [0.25, 0.3) is 5.69 Å². The number of carbonyl (C=O) groups is 1. The third-order valence-corrected chi connectivity index (χ3v) is 6.38. The number of halogens is 4. The molecule has 0 saturated carbocycles. The van der Waals surface area contributed by atoms with Gasteiger partial charge in [-0.15, -0.1) is 0 Å². The largest absolute Gasteiger partial charge is 0.421 e. The monoisotopic (exact) mass is 484 g/mol. The van der Waals surface area contributed by atoms with E-state index in [1.807, 2.05) is 0 Å². The highest BCUT2D eigenvalue weighted by Crippen LogP contribution is 2.46.